The molecule has 0 radical (unpaired) electrons. The number of methoxy groups -OCH3 is 1. The van der Waals surface area contributed by atoms with Crippen LogP contribution in [0.4, 0.5) is 0 Å². The van der Waals surface area contributed by atoms with Crippen molar-refractivity contribution >= 4 is 5.91 Å². The Hall–Kier alpha value is -1.55. The van der Waals surface area contributed by atoms with Gasteiger partial charge >= 0.3 is 0 Å². The Kier molecular flexibility index (Phi) is 6.05. The van der Waals surface area contributed by atoms with Gasteiger partial charge in [0.05, 0.1) is 6.42 Å². The minimum atomic E-state index is 0.192. The van der Waals surface area contributed by atoms with Crippen LogP contribution in [-0.4, -0.2) is 42.7 Å². The van der Waals surface area contributed by atoms with Crippen LogP contribution in [0.3, 0.4) is 0 Å². The number of hydrogen-bond donors (Lipinski definition) is 1. The lowest BCUT2D eigenvalue weighted by molar-refractivity contribution is -0.132. The molecule has 4 nitrogen and oxygen atoms in total. The first-order valence-corrected chi connectivity index (χ1v) is 7.73. The van der Waals surface area contributed by atoms with Crippen LogP contribution in [0.1, 0.15) is 31.2 Å². The summed E-state index contributed by atoms with van der Waals surface area (Å²) in [6.07, 6.45) is 4.94. The van der Waals surface area contributed by atoms with E-state index in [4.69, 9.17) is 4.74 Å². The molecule has 1 amide bonds. The number of rotatable bonds is 6. The number of benzene rings is 1. The van der Waals surface area contributed by atoms with Gasteiger partial charge in [0.1, 0.15) is 5.75 Å². The SMILES string of the molecule is COCCCC1CCCN(C(=O)Cc2ccc(O)cc2)C1. The van der Waals surface area contributed by atoms with E-state index >= 15 is 0 Å². The van der Waals surface area contributed by atoms with Crippen molar-refractivity contribution in [3.63, 3.8) is 0 Å². The fourth-order valence-corrected chi connectivity index (χ4v) is 2.94. The Morgan fingerprint density at radius 1 is 1.38 bits per heavy atom. The van der Waals surface area contributed by atoms with Crippen LogP contribution in [0, 0.1) is 5.92 Å². The normalized spacial score (nSPS) is 18.7. The molecule has 1 aromatic carbocycles. The molecule has 1 heterocycles. The molecule has 116 valence electrons. The third-order valence-corrected chi connectivity index (χ3v) is 4.12. The molecule has 1 saturated heterocycles. The van der Waals surface area contributed by atoms with E-state index in [2.05, 4.69) is 0 Å². The quantitative estimate of drug-likeness (QED) is 0.820. The lowest BCUT2D eigenvalue weighted by atomic mass is 9.93. The summed E-state index contributed by atoms with van der Waals surface area (Å²) < 4.78 is 5.09. The third-order valence-electron chi connectivity index (χ3n) is 4.12. The van der Waals surface area contributed by atoms with Gasteiger partial charge in [-0.2, -0.15) is 0 Å². The smallest absolute Gasteiger partial charge is 0.226 e. The van der Waals surface area contributed by atoms with Crippen LogP contribution in [0.2, 0.25) is 0 Å². The molecule has 1 aromatic rings. The monoisotopic (exact) mass is 291 g/mol. The molecular weight excluding hydrogens is 266 g/mol. The van der Waals surface area contributed by atoms with E-state index in [-0.39, 0.29) is 11.7 Å². The van der Waals surface area contributed by atoms with Gasteiger partial charge in [-0.15, -0.1) is 0 Å². The maximum Gasteiger partial charge on any atom is 0.226 e. The van der Waals surface area contributed by atoms with Crippen LogP contribution >= 0.6 is 0 Å². The minimum absolute atomic E-state index is 0.192. The van der Waals surface area contributed by atoms with Crippen molar-refractivity contribution in [1.82, 2.24) is 4.90 Å². The molecule has 2 rings (SSSR count). The summed E-state index contributed by atoms with van der Waals surface area (Å²) in [7, 11) is 1.73. The molecular formula is C17H25NO3. The van der Waals surface area contributed by atoms with Gasteiger partial charge in [-0.25, -0.2) is 0 Å². The Bertz CT molecular complexity index is 444. The molecule has 0 aliphatic carbocycles. The van der Waals surface area contributed by atoms with E-state index in [1.54, 1.807) is 19.2 Å². The zero-order valence-corrected chi connectivity index (χ0v) is 12.8. The summed E-state index contributed by atoms with van der Waals surface area (Å²) in [5, 5.41) is 9.27. The molecule has 4 heteroatoms. The number of ether oxygens (including phenoxy) is 1. The predicted octanol–water partition coefficient (Wildman–Crippen LogP) is 2.60. The Balaban J connectivity index is 1.82. The summed E-state index contributed by atoms with van der Waals surface area (Å²) in [6.45, 7) is 2.55. The highest BCUT2D eigenvalue weighted by Crippen LogP contribution is 2.22. The van der Waals surface area contributed by atoms with Crippen LogP contribution < -0.4 is 0 Å². The van der Waals surface area contributed by atoms with Gasteiger partial charge in [0.2, 0.25) is 5.91 Å². The predicted molar refractivity (Wildman–Crippen MR) is 82.2 cm³/mol. The van der Waals surface area contributed by atoms with Gasteiger partial charge in [0.25, 0.3) is 0 Å². The second-order valence-electron chi connectivity index (χ2n) is 5.83. The highest BCUT2D eigenvalue weighted by molar-refractivity contribution is 5.78. The topological polar surface area (TPSA) is 49.8 Å². The molecule has 0 saturated carbocycles. The third kappa shape index (κ3) is 5.05. The number of aromatic hydroxyl groups is 1. The Labute approximate surface area is 126 Å². The van der Waals surface area contributed by atoms with Gasteiger partial charge in [0.15, 0.2) is 0 Å². The van der Waals surface area contributed by atoms with Crippen LogP contribution in [0.5, 0.6) is 5.75 Å². The Morgan fingerprint density at radius 3 is 2.86 bits per heavy atom. The van der Waals surface area contributed by atoms with Gasteiger partial charge in [-0.1, -0.05) is 12.1 Å². The first-order valence-electron chi connectivity index (χ1n) is 7.73. The van der Waals surface area contributed by atoms with E-state index in [1.807, 2.05) is 17.0 Å². The lowest BCUT2D eigenvalue weighted by Crippen LogP contribution is -2.40. The zero-order chi connectivity index (χ0) is 15.1. The second-order valence-corrected chi connectivity index (χ2v) is 5.83. The molecule has 1 fully saturated rings. The number of piperidine rings is 1. The van der Waals surface area contributed by atoms with Gasteiger partial charge in [-0.3, -0.25) is 4.79 Å². The van der Waals surface area contributed by atoms with Crippen molar-refractivity contribution < 1.29 is 14.6 Å². The van der Waals surface area contributed by atoms with Crippen LogP contribution in [-0.2, 0) is 16.0 Å². The number of nitrogens with zero attached hydrogens (tertiary/aromatic N) is 1. The highest BCUT2D eigenvalue weighted by Gasteiger charge is 2.23. The van der Waals surface area contributed by atoms with Crippen molar-refractivity contribution in [2.24, 2.45) is 5.92 Å². The molecule has 1 unspecified atom stereocenters. The van der Waals surface area contributed by atoms with Crippen molar-refractivity contribution in [2.45, 2.75) is 32.1 Å². The molecule has 0 aromatic heterocycles. The number of amides is 1. The summed E-state index contributed by atoms with van der Waals surface area (Å²) in [5.74, 6) is 1.04. The van der Waals surface area contributed by atoms with E-state index in [1.165, 1.54) is 6.42 Å². The maximum atomic E-state index is 12.4. The largest absolute Gasteiger partial charge is 0.508 e. The zero-order valence-electron chi connectivity index (χ0n) is 12.8. The number of hydrogen-bond acceptors (Lipinski definition) is 3. The van der Waals surface area contributed by atoms with Crippen molar-refractivity contribution in [2.75, 3.05) is 26.8 Å². The molecule has 1 atom stereocenters. The van der Waals surface area contributed by atoms with Gasteiger partial charge in [-0.05, 0) is 49.3 Å². The first-order chi connectivity index (χ1) is 10.2. The number of phenolic OH excluding ortho intramolecular Hbond substituents is 1. The second kappa shape index (κ2) is 8.03. The molecule has 0 bridgehead atoms. The number of phenols is 1. The highest BCUT2D eigenvalue weighted by atomic mass is 16.5. The van der Waals surface area contributed by atoms with E-state index in [0.29, 0.717) is 12.3 Å². The molecule has 1 N–H and O–H groups in total. The molecule has 1 aliphatic heterocycles. The average Bonchev–Trinajstić information content (AvgIpc) is 2.50. The van der Waals surface area contributed by atoms with Crippen molar-refractivity contribution in [3.8, 4) is 5.75 Å². The number of likely N-dealkylation sites (tertiary alicyclic amines) is 1. The Morgan fingerprint density at radius 2 is 2.14 bits per heavy atom. The van der Waals surface area contributed by atoms with Crippen molar-refractivity contribution in [3.05, 3.63) is 29.8 Å². The molecule has 1 aliphatic rings. The fourth-order valence-electron chi connectivity index (χ4n) is 2.94. The van der Waals surface area contributed by atoms with E-state index < -0.39 is 0 Å². The summed E-state index contributed by atoms with van der Waals surface area (Å²) in [6, 6.07) is 6.89. The summed E-state index contributed by atoms with van der Waals surface area (Å²) >= 11 is 0. The summed E-state index contributed by atoms with van der Waals surface area (Å²) in [4.78, 5) is 14.4. The standard InChI is InChI=1S/C17H25NO3/c1-21-11-3-5-15-4-2-10-18(13-15)17(20)12-14-6-8-16(19)9-7-14/h6-9,15,19H,2-5,10-13H2,1H3. The van der Waals surface area contributed by atoms with E-state index in [9.17, 15) is 9.90 Å². The number of carbonyl (C=O) groups excluding carboxylic acids is 1. The minimum Gasteiger partial charge on any atom is -0.508 e. The molecule has 0 spiro atoms. The van der Waals surface area contributed by atoms with Gasteiger partial charge in [0, 0.05) is 26.8 Å². The average molecular weight is 291 g/mol. The van der Waals surface area contributed by atoms with Crippen LogP contribution in [0.15, 0.2) is 24.3 Å². The maximum absolute atomic E-state index is 12.4. The van der Waals surface area contributed by atoms with E-state index in [0.717, 1.165) is 44.5 Å². The molecule has 21 heavy (non-hydrogen) atoms. The lowest BCUT2D eigenvalue weighted by Gasteiger charge is -2.33. The number of carbonyl (C=O) groups is 1. The van der Waals surface area contributed by atoms with Crippen LogP contribution in [0.25, 0.3) is 0 Å². The first kappa shape index (κ1) is 15.8. The fraction of sp³-hybridized carbons (Fsp3) is 0.588. The van der Waals surface area contributed by atoms with Crippen molar-refractivity contribution in [1.29, 1.82) is 0 Å². The van der Waals surface area contributed by atoms with Gasteiger partial charge < -0.3 is 14.7 Å². The summed E-state index contributed by atoms with van der Waals surface area (Å²) in [5.41, 5.74) is 0.958.